The van der Waals surface area contributed by atoms with E-state index in [-0.39, 0.29) is 28.3 Å². The molecule has 0 fully saturated rings. The lowest BCUT2D eigenvalue weighted by Crippen LogP contribution is -2.37. The Balaban J connectivity index is 1.72. The first-order valence-corrected chi connectivity index (χ1v) is 11.1. The standard InChI is InChI=1S/C22H27N5O4S/c1-12(2)11-15(19(30)31-22(3,4)5)24-20-26-27-21(32-20)25-18(29)14-9-8-13-7-6-10-23-16(13)17(14)28/h6-10,12,15,28H,11H2,1-5H3,(H,24,26)(H,25,27,29). The summed E-state index contributed by atoms with van der Waals surface area (Å²) in [4.78, 5) is 29.4. The average Bonchev–Trinajstić information content (AvgIpc) is 3.13. The zero-order valence-electron chi connectivity index (χ0n) is 18.7. The van der Waals surface area contributed by atoms with Gasteiger partial charge in [0.2, 0.25) is 10.3 Å². The van der Waals surface area contributed by atoms with Crippen molar-refractivity contribution in [2.45, 2.75) is 52.7 Å². The molecule has 0 saturated heterocycles. The number of benzene rings is 1. The van der Waals surface area contributed by atoms with E-state index >= 15 is 0 Å². The second-order valence-electron chi connectivity index (χ2n) is 8.76. The van der Waals surface area contributed by atoms with Crippen molar-refractivity contribution in [2.75, 3.05) is 10.6 Å². The van der Waals surface area contributed by atoms with Crippen LogP contribution in [0.25, 0.3) is 10.9 Å². The van der Waals surface area contributed by atoms with Crippen LogP contribution < -0.4 is 10.6 Å². The molecule has 0 aliphatic carbocycles. The molecule has 9 nitrogen and oxygen atoms in total. The van der Waals surface area contributed by atoms with Gasteiger partial charge in [-0.15, -0.1) is 10.2 Å². The number of hydrogen-bond donors (Lipinski definition) is 3. The number of rotatable bonds is 7. The molecule has 0 spiro atoms. The Morgan fingerprint density at radius 2 is 1.88 bits per heavy atom. The fourth-order valence-electron chi connectivity index (χ4n) is 3.02. The smallest absolute Gasteiger partial charge is 0.329 e. The number of phenols is 1. The minimum Gasteiger partial charge on any atom is -0.505 e. The minimum atomic E-state index is -0.606. The van der Waals surface area contributed by atoms with Crippen molar-refractivity contribution in [3.63, 3.8) is 0 Å². The Kier molecular flexibility index (Phi) is 6.93. The van der Waals surface area contributed by atoms with E-state index in [1.165, 1.54) is 6.07 Å². The van der Waals surface area contributed by atoms with Crippen molar-refractivity contribution in [1.82, 2.24) is 15.2 Å². The summed E-state index contributed by atoms with van der Waals surface area (Å²) in [5.74, 6) is -0.869. The SMILES string of the molecule is CC(C)CC(Nc1nnc(NC(=O)c2ccc3cccnc3c2O)s1)C(=O)OC(C)(C)C. The molecule has 170 valence electrons. The predicted octanol–water partition coefficient (Wildman–Crippen LogP) is 4.21. The van der Waals surface area contributed by atoms with Crippen LogP contribution in [0, 0.1) is 5.92 Å². The highest BCUT2D eigenvalue weighted by Crippen LogP contribution is 2.29. The monoisotopic (exact) mass is 457 g/mol. The molecular formula is C22H27N5O4S. The predicted molar refractivity (Wildman–Crippen MR) is 124 cm³/mol. The van der Waals surface area contributed by atoms with Crippen LogP contribution in [0.1, 0.15) is 51.4 Å². The number of anilines is 2. The summed E-state index contributed by atoms with van der Waals surface area (Å²) in [6, 6.07) is 6.19. The Hall–Kier alpha value is -3.27. The van der Waals surface area contributed by atoms with Crippen LogP contribution in [-0.2, 0) is 9.53 Å². The zero-order chi connectivity index (χ0) is 23.5. The van der Waals surface area contributed by atoms with Gasteiger partial charge in [0.1, 0.15) is 17.2 Å². The summed E-state index contributed by atoms with van der Waals surface area (Å²) in [7, 11) is 0. The summed E-state index contributed by atoms with van der Waals surface area (Å²) >= 11 is 1.09. The summed E-state index contributed by atoms with van der Waals surface area (Å²) in [6.07, 6.45) is 2.10. The summed E-state index contributed by atoms with van der Waals surface area (Å²) < 4.78 is 5.50. The van der Waals surface area contributed by atoms with Gasteiger partial charge in [-0.2, -0.15) is 0 Å². The molecule has 3 aromatic rings. The van der Waals surface area contributed by atoms with Crippen molar-refractivity contribution in [3.8, 4) is 5.75 Å². The third kappa shape index (κ3) is 5.91. The highest BCUT2D eigenvalue weighted by Gasteiger charge is 2.27. The number of amides is 1. The van der Waals surface area contributed by atoms with Gasteiger partial charge >= 0.3 is 5.97 Å². The normalized spacial score (nSPS) is 12.6. The molecule has 0 aliphatic rings. The van der Waals surface area contributed by atoms with Crippen molar-refractivity contribution in [2.24, 2.45) is 5.92 Å². The van der Waals surface area contributed by atoms with Crippen LogP contribution in [0.3, 0.4) is 0 Å². The van der Waals surface area contributed by atoms with Gasteiger partial charge in [-0.05, 0) is 45.2 Å². The second kappa shape index (κ2) is 9.47. The highest BCUT2D eigenvalue weighted by molar-refractivity contribution is 7.19. The number of nitrogens with one attached hydrogen (secondary N) is 2. The van der Waals surface area contributed by atoms with Crippen molar-refractivity contribution in [1.29, 1.82) is 0 Å². The molecule has 1 aromatic carbocycles. The molecule has 1 atom stereocenters. The molecule has 10 heteroatoms. The maximum absolute atomic E-state index is 12.7. The molecule has 2 heterocycles. The number of ether oxygens (including phenoxy) is 1. The van der Waals surface area contributed by atoms with E-state index in [0.29, 0.717) is 17.1 Å². The number of nitrogens with zero attached hydrogens (tertiary/aromatic N) is 3. The van der Waals surface area contributed by atoms with Crippen LogP contribution in [0.5, 0.6) is 5.75 Å². The van der Waals surface area contributed by atoms with Gasteiger partial charge in [0.15, 0.2) is 5.75 Å². The van der Waals surface area contributed by atoms with Gasteiger partial charge in [0.05, 0.1) is 5.56 Å². The molecule has 0 aliphatic heterocycles. The van der Waals surface area contributed by atoms with Crippen LogP contribution in [0.4, 0.5) is 10.3 Å². The topological polar surface area (TPSA) is 126 Å². The van der Waals surface area contributed by atoms with E-state index in [1.54, 1.807) is 24.4 Å². The summed E-state index contributed by atoms with van der Waals surface area (Å²) in [5.41, 5.74) is -0.189. The number of aromatic hydroxyl groups is 1. The Bertz CT molecular complexity index is 1120. The van der Waals surface area contributed by atoms with Gasteiger partial charge in [-0.25, -0.2) is 4.79 Å². The fourth-order valence-corrected chi connectivity index (χ4v) is 3.71. The van der Waals surface area contributed by atoms with E-state index in [2.05, 4.69) is 25.8 Å². The average molecular weight is 458 g/mol. The van der Waals surface area contributed by atoms with E-state index < -0.39 is 17.6 Å². The quantitative estimate of drug-likeness (QED) is 0.450. The minimum absolute atomic E-state index is 0.0762. The largest absolute Gasteiger partial charge is 0.505 e. The van der Waals surface area contributed by atoms with Gasteiger partial charge in [-0.1, -0.05) is 37.3 Å². The van der Waals surface area contributed by atoms with E-state index in [1.807, 2.05) is 34.6 Å². The number of phenolic OH excluding ortho intramolecular Hbond substituents is 1. The van der Waals surface area contributed by atoms with E-state index in [4.69, 9.17) is 4.74 Å². The number of pyridine rings is 1. The first-order valence-electron chi connectivity index (χ1n) is 10.2. The summed E-state index contributed by atoms with van der Waals surface area (Å²) in [6.45, 7) is 9.46. The van der Waals surface area contributed by atoms with Gasteiger partial charge in [0, 0.05) is 11.6 Å². The molecule has 3 rings (SSSR count). The number of esters is 1. The van der Waals surface area contributed by atoms with Crippen molar-refractivity contribution >= 4 is 44.4 Å². The fraction of sp³-hybridized carbons (Fsp3) is 0.409. The van der Waals surface area contributed by atoms with Gasteiger partial charge < -0.3 is 15.2 Å². The van der Waals surface area contributed by atoms with Crippen molar-refractivity contribution in [3.05, 3.63) is 36.0 Å². The third-order valence-electron chi connectivity index (χ3n) is 4.33. The van der Waals surface area contributed by atoms with Crippen LogP contribution in [0.2, 0.25) is 0 Å². The van der Waals surface area contributed by atoms with E-state index in [0.717, 1.165) is 16.7 Å². The molecule has 1 amide bonds. The Morgan fingerprint density at radius 1 is 1.16 bits per heavy atom. The molecule has 0 saturated carbocycles. The lowest BCUT2D eigenvalue weighted by atomic mass is 10.0. The molecule has 0 bridgehead atoms. The lowest BCUT2D eigenvalue weighted by molar-refractivity contribution is -0.156. The number of fused-ring (bicyclic) bond motifs is 1. The molecular weight excluding hydrogens is 430 g/mol. The maximum atomic E-state index is 12.7. The zero-order valence-corrected chi connectivity index (χ0v) is 19.5. The highest BCUT2D eigenvalue weighted by atomic mass is 32.1. The van der Waals surface area contributed by atoms with Crippen LogP contribution in [-0.4, -0.2) is 43.8 Å². The number of carbonyl (C=O) groups excluding carboxylic acids is 2. The van der Waals surface area contributed by atoms with E-state index in [9.17, 15) is 14.7 Å². The second-order valence-corrected chi connectivity index (χ2v) is 9.74. The maximum Gasteiger partial charge on any atom is 0.329 e. The van der Waals surface area contributed by atoms with Gasteiger partial charge in [0.25, 0.3) is 5.91 Å². The molecule has 2 aromatic heterocycles. The molecule has 1 unspecified atom stereocenters. The number of aromatic nitrogens is 3. The molecule has 32 heavy (non-hydrogen) atoms. The molecule has 3 N–H and O–H groups in total. The third-order valence-corrected chi connectivity index (χ3v) is 5.10. The van der Waals surface area contributed by atoms with Crippen molar-refractivity contribution < 1.29 is 19.4 Å². The van der Waals surface area contributed by atoms with Crippen LogP contribution >= 0.6 is 11.3 Å². The Morgan fingerprint density at radius 3 is 2.56 bits per heavy atom. The summed E-state index contributed by atoms with van der Waals surface area (Å²) in [5, 5.41) is 25.4. The molecule has 0 radical (unpaired) electrons. The first-order chi connectivity index (χ1) is 15.0. The Labute approximate surface area is 190 Å². The lowest BCUT2D eigenvalue weighted by Gasteiger charge is -2.25. The number of carbonyl (C=O) groups is 2. The van der Waals surface area contributed by atoms with Gasteiger partial charge in [-0.3, -0.25) is 15.1 Å². The first kappa shape index (κ1) is 23.4. The van der Waals surface area contributed by atoms with Crippen LogP contribution in [0.15, 0.2) is 30.5 Å². The number of hydrogen-bond acceptors (Lipinski definition) is 9.